The number of hydrogen-bond donors (Lipinski definition) is 2. The third-order valence-electron chi connectivity index (χ3n) is 0.897. The van der Waals surface area contributed by atoms with E-state index in [1.165, 1.54) is 24.2 Å². The van der Waals surface area contributed by atoms with Crippen molar-refractivity contribution < 1.29 is 9.21 Å². The number of carbonyl (C=O) groups is 1. The monoisotopic (exact) mass is 173 g/mol. The fourth-order valence-corrected chi connectivity index (χ4v) is 1.05. The van der Waals surface area contributed by atoms with Gasteiger partial charge in [-0.3, -0.25) is 10.2 Å². The molecular weight excluding hydrogens is 166 g/mol. The Morgan fingerprint density at radius 2 is 2.73 bits per heavy atom. The Morgan fingerprint density at radius 1 is 1.91 bits per heavy atom. The molecule has 11 heavy (non-hydrogen) atoms. The van der Waals surface area contributed by atoms with Gasteiger partial charge in [0.05, 0.1) is 11.9 Å². The van der Waals surface area contributed by atoms with Crippen LogP contribution in [0.25, 0.3) is 0 Å². The highest BCUT2D eigenvalue weighted by Crippen LogP contribution is 2.13. The second-order valence-corrected chi connectivity index (χ2v) is 2.58. The van der Waals surface area contributed by atoms with Crippen molar-refractivity contribution in [3.63, 3.8) is 0 Å². The largest absolute Gasteiger partial charge is 0.440 e. The minimum atomic E-state index is -0.256. The summed E-state index contributed by atoms with van der Waals surface area (Å²) in [5, 5.41) is 0.466. The van der Waals surface area contributed by atoms with E-state index in [9.17, 15) is 4.79 Å². The van der Waals surface area contributed by atoms with Gasteiger partial charge < -0.3 is 4.42 Å². The molecule has 0 fully saturated rings. The number of nitrogens with zero attached hydrogens (tertiary/aromatic N) is 1. The Labute approximate surface area is 67.3 Å². The summed E-state index contributed by atoms with van der Waals surface area (Å²) < 4.78 is 4.86. The molecule has 0 saturated carbocycles. The molecule has 0 aliphatic rings. The van der Waals surface area contributed by atoms with E-state index >= 15 is 0 Å². The Bertz CT molecular complexity index is 224. The van der Waals surface area contributed by atoms with Gasteiger partial charge in [0.1, 0.15) is 6.26 Å². The Balaban J connectivity index is 2.29. The Morgan fingerprint density at radius 3 is 3.27 bits per heavy atom. The molecule has 6 heteroatoms. The number of amides is 1. The van der Waals surface area contributed by atoms with E-state index in [1.54, 1.807) is 0 Å². The number of hydrogen-bond acceptors (Lipinski definition) is 5. The molecule has 0 unspecified atom stereocenters. The van der Waals surface area contributed by atoms with Crippen molar-refractivity contribution >= 4 is 17.7 Å². The quantitative estimate of drug-likeness (QED) is 0.285. The molecule has 1 rings (SSSR count). The fourth-order valence-electron chi connectivity index (χ4n) is 0.451. The van der Waals surface area contributed by atoms with Crippen LogP contribution in [0.15, 0.2) is 22.1 Å². The number of hydrazine groups is 1. The van der Waals surface area contributed by atoms with Crippen LogP contribution in [0.5, 0.6) is 0 Å². The minimum absolute atomic E-state index is 0.219. The van der Waals surface area contributed by atoms with Gasteiger partial charge in [0.15, 0.2) is 0 Å². The van der Waals surface area contributed by atoms with E-state index in [-0.39, 0.29) is 11.7 Å². The van der Waals surface area contributed by atoms with E-state index < -0.39 is 0 Å². The van der Waals surface area contributed by atoms with Crippen LogP contribution in [0, 0.1) is 0 Å². The van der Waals surface area contributed by atoms with Gasteiger partial charge in [-0.15, -0.1) is 0 Å². The number of carbonyl (C=O) groups excluding carboxylic acids is 1. The number of oxazole rings is 1. The summed E-state index contributed by atoms with van der Waals surface area (Å²) in [6.45, 7) is 0. The van der Waals surface area contributed by atoms with Gasteiger partial charge >= 0.3 is 0 Å². The van der Waals surface area contributed by atoms with Crippen molar-refractivity contribution in [3.05, 3.63) is 12.5 Å². The zero-order valence-corrected chi connectivity index (χ0v) is 6.43. The van der Waals surface area contributed by atoms with Crippen LogP contribution in [-0.2, 0) is 4.79 Å². The van der Waals surface area contributed by atoms with Crippen LogP contribution in [-0.4, -0.2) is 16.6 Å². The van der Waals surface area contributed by atoms with Gasteiger partial charge in [-0.25, -0.2) is 10.8 Å². The highest BCUT2D eigenvalue weighted by atomic mass is 32.2. The lowest BCUT2D eigenvalue weighted by Crippen LogP contribution is -2.31. The van der Waals surface area contributed by atoms with E-state index in [0.717, 1.165) is 0 Å². The molecule has 1 heterocycles. The molecular formula is C5H7N3O2S. The first-order valence-corrected chi connectivity index (χ1v) is 3.83. The lowest BCUT2D eigenvalue weighted by molar-refractivity contribution is -0.118. The lowest BCUT2D eigenvalue weighted by atomic mass is 10.8. The number of nitrogens with two attached hydrogens (primary N) is 1. The molecule has 0 spiro atoms. The third-order valence-corrected chi connectivity index (χ3v) is 1.75. The molecule has 1 aromatic rings. The minimum Gasteiger partial charge on any atom is -0.440 e. The first kappa shape index (κ1) is 8.09. The van der Waals surface area contributed by atoms with Gasteiger partial charge in [0, 0.05) is 0 Å². The number of aromatic nitrogens is 1. The molecule has 3 N–H and O–H groups in total. The van der Waals surface area contributed by atoms with Crippen molar-refractivity contribution in [2.75, 3.05) is 5.75 Å². The maximum Gasteiger partial charge on any atom is 0.256 e. The van der Waals surface area contributed by atoms with E-state index in [4.69, 9.17) is 10.3 Å². The molecule has 60 valence electrons. The maximum absolute atomic E-state index is 10.6. The summed E-state index contributed by atoms with van der Waals surface area (Å²) in [7, 11) is 0. The van der Waals surface area contributed by atoms with Crippen LogP contribution in [0.2, 0.25) is 0 Å². The molecule has 0 aliphatic heterocycles. The molecule has 0 bridgehead atoms. The standard InChI is InChI=1S/C5H7N3O2S/c6-8-4(9)3-11-5-7-1-2-10-5/h1-2H,3,6H2,(H,8,9). The SMILES string of the molecule is NNC(=O)CSc1ncco1. The Kier molecular flexibility index (Phi) is 2.94. The van der Waals surface area contributed by atoms with E-state index in [1.807, 2.05) is 5.43 Å². The molecule has 1 aromatic heterocycles. The predicted octanol–water partition coefficient (Wildman–Crippen LogP) is -0.243. The molecule has 1 amide bonds. The zero-order chi connectivity index (χ0) is 8.10. The van der Waals surface area contributed by atoms with Crippen LogP contribution < -0.4 is 11.3 Å². The smallest absolute Gasteiger partial charge is 0.256 e. The topological polar surface area (TPSA) is 81.1 Å². The van der Waals surface area contributed by atoms with Crippen LogP contribution in [0.1, 0.15) is 0 Å². The average Bonchev–Trinajstić information content (AvgIpc) is 2.52. The second kappa shape index (κ2) is 3.99. The van der Waals surface area contributed by atoms with Crippen molar-refractivity contribution in [2.24, 2.45) is 5.84 Å². The molecule has 0 aliphatic carbocycles. The average molecular weight is 173 g/mol. The van der Waals surface area contributed by atoms with Crippen molar-refractivity contribution in [1.82, 2.24) is 10.4 Å². The predicted molar refractivity (Wildman–Crippen MR) is 39.6 cm³/mol. The first-order valence-electron chi connectivity index (χ1n) is 2.84. The summed E-state index contributed by atoms with van der Waals surface area (Å²) in [5.41, 5.74) is 2.00. The number of thioether (sulfide) groups is 1. The third kappa shape index (κ3) is 2.60. The Hall–Kier alpha value is -1.01. The van der Waals surface area contributed by atoms with Gasteiger partial charge in [-0.05, 0) is 0 Å². The molecule has 0 saturated heterocycles. The maximum atomic E-state index is 10.6. The highest BCUT2D eigenvalue weighted by molar-refractivity contribution is 7.99. The van der Waals surface area contributed by atoms with Crippen LogP contribution in [0.4, 0.5) is 0 Å². The summed E-state index contributed by atoms with van der Waals surface area (Å²) in [5.74, 6) is 4.81. The van der Waals surface area contributed by atoms with Gasteiger partial charge in [0.25, 0.3) is 5.22 Å². The summed E-state index contributed by atoms with van der Waals surface area (Å²) in [4.78, 5) is 14.4. The molecule has 0 aromatic carbocycles. The van der Waals surface area contributed by atoms with Gasteiger partial charge in [0.2, 0.25) is 5.91 Å². The van der Waals surface area contributed by atoms with Gasteiger partial charge in [-0.1, -0.05) is 11.8 Å². The molecule has 0 radical (unpaired) electrons. The van der Waals surface area contributed by atoms with E-state index in [0.29, 0.717) is 5.22 Å². The highest BCUT2D eigenvalue weighted by Gasteiger charge is 2.02. The number of rotatable bonds is 3. The molecule has 5 nitrogen and oxygen atoms in total. The summed E-state index contributed by atoms with van der Waals surface area (Å²) in [6, 6.07) is 0. The first-order chi connectivity index (χ1) is 5.33. The summed E-state index contributed by atoms with van der Waals surface area (Å²) in [6.07, 6.45) is 2.96. The van der Waals surface area contributed by atoms with E-state index in [2.05, 4.69) is 4.98 Å². The van der Waals surface area contributed by atoms with Crippen molar-refractivity contribution in [2.45, 2.75) is 5.22 Å². The van der Waals surface area contributed by atoms with Crippen molar-refractivity contribution in [1.29, 1.82) is 0 Å². The zero-order valence-electron chi connectivity index (χ0n) is 5.61. The fraction of sp³-hybridized carbons (Fsp3) is 0.200. The second-order valence-electron chi connectivity index (χ2n) is 1.65. The molecule has 0 atom stereocenters. The number of nitrogens with one attached hydrogen (secondary N) is 1. The lowest BCUT2D eigenvalue weighted by Gasteiger charge is -1.94. The van der Waals surface area contributed by atoms with Crippen LogP contribution >= 0.6 is 11.8 Å². The normalized spacial score (nSPS) is 9.55. The van der Waals surface area contributed by atoms with Crippen molar-refractivity contribution in [3.8, 4) is 0 Å². The van der Waals surface area contributed by atoms with Gasteiger partial charge in [-0.2, -0.15) is 0 Å². The summed E-state index contributed by atoms with van der Waals surface area (Å²) >= 11 is 1.19. The van der Waals surface area contributed by atoms with Crippen LogP contribution in [0.3, 0.4) is 0 Å².